The number of aryl methyl sites for hydroxylation is 2. The molecule has 1 N–H and O–H groups in total. The fourth-order valence-corrected chi connectivity index (χ4v) is 1.80. The number of carbonyl (C=O) groups is 1. The number of halogens is 1. The Labute approximate surface area is 111 Å². The summed E-state index contributed by atoms with van der Waals surface area (Å²) in [7, 11) is 0. The van der Waals surface area contributed by atoms with Crippen LogP contribution in [0.4, 0.5) is 5.82 Å². The molecule has 18 heavy (non-hydrogen) atoms. The van der Waals surface area contributed by atoms with E-state index in [0.29, 0.717) is 16.4 Å². The third-order valence-electron chi connectivity index (χ3n) is 2.60. The Kier molecular flexibility index (Phi) is 3.63. The number of carbonyl (C=O) groups excluding carboxylic acids is 1. The molecule has 0 aliphatic carbocycles. The zero-order valence-electron chi connectivity index (χ0n) is 10.2. The second-order valence-electron chi connectivity index (χ2n) is 4.13. The molecular weight excluding hydrogens is 248 g/mol. The van der Waals surface area contributed by atoms with Crippen molar-refractivity contribution < 1.29 is 4.79 Å². The lowest BCUT2D eigenvalue weighted by atomic mass is 10.1. The van der Waals surface area contributed by atoms with E-state index in [1.807, 2.05) is 32.0 Å². The minimum Gasteiger partial charge on any atom is -0.307 e. The van der Waals surface area contributed by atoms with E-state index in [2.05, 4.69) is 10.3 Å². The maximum absolute atomic E-state index is 12.1. The summed E-state index contributed by atoms with van der Waals surface area (Å²) in [5, 5.41) is 3.28. The summed E-state index contributed by atoms with van der Waals surface area (Å²) in [4.78, 5) is 16.1. The molecule has 1 amide bonds. The van der Waals surface area contributed by atoms with Crippen molar-refractivity contribution in [2.75, 3.05) is 5.32 Å². The van der Waals surface area contributed by atoms with Crippen LogP contribution in [-0.4, -0.2) is 10.9 Å². The van der Waals surface area contributed by atoms with Gasteiger partial charge in [0.15, 0.2) is 0 Å². The van der Waals surface area contributed by atoms with Gasteiger partial charge in [0.05, 0.1) is 0 Å². The third-order valence-corrected chi connectivity index (χ3v) is 2.84. The van der Waals surface area contributed by atoms with Crippen LogP contribution in [0.3, 0.4) is 0 Å². The maximum atomic E-state index is 12.1. The van der Waals surface area contributed by atoms with Crippen molar-refractivity contribution in [1.29, 1.82) is 0 Å². The molecule has 0 spiro atoms. The average molecular weight is 261 g/mol. The van der Waals surface area contributed by atoms with E-state index in [1.165, 1.54) is 0 Å². The Hall–Kier alpha value is -1.87. The maximum Gasteiger partial charge on any atom is 0.257 e. The summed E-state index contributed by atoms with van der Waals surface area (Å²) in [6, 6.07) is 9.04. The van der Waals surface area contributed by atoms with Gasteiger partial charge in [-0.2, -0.15) is 0 Å². The van der Waals surface area contributed by atoms with Crippen molar-refractivity contribution in [3.05, 3.63) is 58.2 Å². The highest BCUT2D eigenvalue weighted by molar-refractivity contribution is 6.30. The molecule has 3 nitrogen and oxygen atoms in total. The van der Waals surface area contributed by atoms with E-state index in [1.54, 1.807) is 18.3 Å². The van der Waals surface area contributed by atoms with E-state index in [0.717, 1.165) is 11.1 Å². The van der Waals surface area contributed by atoms with Gasteiger partial charge in [-0.1, -0.05) is 29.3 Å². The largest absolute Gasteiger partial charge is 0.307 e. The van der Waals surface area contributed by atoms with Gasteiger partial charge in [0.1, 0.15) is 5.82 Å². The van der Waals surface area contributed by atoms with Crippen LogP contribution in [0.25, 0.3) is 0 Å². The first-order valence-electron chi connectivity index (χ1n) is 5.56. The van der Waals surface area contributed by atoms with Crippen molar-refractivity contribution in [2.45, 2.75) is 13.8 Å². The molecule has 2 rings (SSSR count). The van der Waals surface area contributed by atoms with Gasteiger partial charge in [-0.25, -0.2) is 4.98 Å². The normalized spacial score (nSPS) is 10.2. The second-order valence-corrected chi connectivity index (χ2v) is 4.57. The van der Waals surface area contributed by atoms with Crippen LogP contribution < -0.4 is 5.32 Å². The molecular formula is C14H13ClN2O. The number of hydrogen-bond donors (Lipinski definition) is 1. The summed E-state index contributed by atoms with van der Waals surface area (Å²) < 4.78 is 0. The molecule has 1 aromatic carbocycles. The first kappa shape index (κ1) is 12.6. The smallest absolute Gasteiger partial charge is 0.257 e. The number of benzene rings is 1. The number of nitrogens with one attached hydrogen (secondary N) is 1. The second kappa shape index (κ2) is 5.19. The molecule has 0 fully saturated rings. The Morgan fingerprint density at radius 2 is 2.00 bits per heavy atom. The predicted octanol–water partition coefficient (Wildman–Crippen LogP) is 3.60. The number of anilines is 1. The van der Waals surface area contributed by atoms with Gasteiger partial charge < -0.3 is 5.32 Å². The van der Waals surface area contributed by atoms with Gasteiger partial charge in [0, 0.05) is 16.8 Å². The van der Waals surface area contributed by atoms with Gasteiger partial charge in [0.25, 0.3) is 5.91 Å². The van der Waals surface area contributed by atoms with Gasteiger partial charge in [-0.3, -0.25) is 4.79 Å². The number of amides is 1. The topological polar surface area (TPSA) is 42.0 Å². The molecule has 4 heteroatoms. The molecule has 92 valence electrons. The first-order valence-corrected chi connectivity index (χ1v) is 5.94. The van der Waals surface area contributed by atoms with E-state index < -0.39 is 0 Å². The predicted molar refractivity (Wildman–Crippen MR) is 73.1 cm³/mol. The number of aromatic nitrogens is 1. The van der Waals surface area contributed by atoms with Crippen molar-refractivity contribution in [2.24, 2.45) is 0 Å². The number of pyridine rings is 1. The van der Waals surface area contributed by atoms with Crippen molar-refractivity contribution in [3.8, 4) is 0 Å². The number of nitrogens with zero attached hydrogens (tertiary/aromatic N) is 1. The van der Waals surface area contributed by atoms with Crippen LogP contribution >= 0.6 is 11.6 Å². The van der Waals surface area contributed by atoms with Gasteiger partial charge >= 0.3 is 0 Å². The third kappa shape index (κ3) is 2.87. The molecule has 0 atom stereocenters. The summed E-state index contributed by atoms with van der Waals surface area (Å²) >= 11 is 5.84. The summed E-state index contributed by atoms with van der Waals surface area (Å²) in [5.41, 5.74) is 2.63. The van der Waals surface area contributed by atoms with Gasteiger partial charge in [-0.15, -0.1) is 0 Å². The molecule has 1 aromatic heterocycles. The molecule has 0 bridgehead atoms. The minimum absolute atomic E-state index is 0.175. The van der Waals surface area contributed by atoms with Gasteiger partial charge in [-0.05, 0) is 37.6 Å². The van der Waals surface area contributed by atoms with Gasteiger partial charge in [0.2, 0.25) is 0 Å². The van der Waals surface area contributed by atoms with Crippen LogP contribution in [-0.2, 0) is 0 Å². The summed E-state index contributed by atoms with van der Waals surface area (Å²) in [5.74, 6) is 0.277. The highest BCUT2D eigenvalue weighted by atomic mass is 35.5. The lowest BCUT2D eigenvalue weighted by molar-refractivity contribution is 0.102. The lowest BCUT2D eigenvalue weighted by Gasteiger charge is -2.08. The van der Waals surface area contributed by atoms with Crippen LogP contribution in [0.2, 0.25) is 5.02 Å². The Bertz CT molecular complexity index is 596. The van der Waals surface area contributed by atoms with Crippen molar-refractivity contribution >= 4 is 23.3 Å². The highest BCUT2D eigenvalue weighted by Crippen LogP contribution is 2.15. The van der Waals surface area contributed by atoms with E-state index in [9.17, 15) is 4.79 Å². The molecule has 0 saturated carbocycles. The van der Waals surface area contributed by atoms with E-state index in [4.69, 9.17) is 11.6 Å². The SMILES string of the molecule is Cc1ccc(C)c(C(=O)Nc2cc(Cl)ccn2)c1. The number of rotatable bonds is 2. The summed E-state index contributed by atoms with van der Waals surface area (Å²) in [6.45, 7) is 3.85. The molecule has 0 radical (unpaired) electrons. The fourth-order valence-electron chi connectivity index (χ4n) is 1.64. The van der Waals surface area contributed by atoms with Crippen molar-refractivity contribution in [3.63, 3.8) is 0 Å². The molecule has 0 saturated heterocycles. The molecule has 0 unspecified atom stereocenters. The lowest BCUT2D eigenvalue weighted by Crippen LogP contribution is -2.14. The highest BCUT2D eigenvalue weighted by Gasteiger charge is 2.10. The van der Waals surface area contributed by atoms with E-state index >= 15 is 0 Å². The fraction of sp³-hybridized carbons (Fsp3) is 0.143. The van der Waals surface area contributed by atoms with Crippen LogP contribution in [0, 0.1) is 13.8 Å². The van der Waals surface area contributed by atoms with Crippen molar-refractivity contribution in [1.82, 2.24) is 4.98 Å². The Balaban J connectivity index is 2.24. The first-order chi connectivity index (χ1) is 8.56. The number of hydrogen-bond acceptors (Lipinski definition) is 2. The monoisotopic (exact) mass is 260 g/mol. The zero-order valence-corrected chi connectivity index (χ0v) is 11.0. The average Bonchev–Trinajstić information content (AvgIpc) is 2.32. The molecule has 0 aliphatic heterocycles. The van der Waals surface area contributed by atoms with Crippen LogP contribution in [0.1, 0.15) is 21.5 Å². The Morgan fingerprint density at radius 1 is 1.22 bits per heavy atom. The van der Waals surface area contributed by atoms with Crippen LogP contribution in [0.5, 0.6) is 0 Å². The Morgan fingerprint density at radius 3 is 2.72 bits per heavy atom. The van der Waals surface area contributed by atoms with E-state index in [-0.39, 0.29) is 5.91 Å². The molecule has 0 aliphatic rings. The quantitative estimate of drug-likeness (QED) is 0.896. The standard InChI is InChI=1S/C14H13ClN2O/c1-9-3-4-10(2)12(7-9)14(18)17-13-8-11(15)5-6-16-13/h3-8H,1-2H3,(H,16,17,18). The summed E-state index contributed by atoms with van der Waals surface area (Å²) in [6.07, 6.45) is 1.56. The molecule has 1 heterocycles. The van der Waals surface area contributed by atoms with Crippen LogP contribution in [0.15, 0.2) is 36.5 Å². The molecule has 2 aromatic rings. The zero-order chi connectivity index (χ0) is 13.1. The minimum atomic E-state index is -0.175.